The van der Waals surface area contributed by atoms with Crippen molar-refractivity contribution in [3.8, 4) is 0 Å². The van der Waals surface area contributed by atoms with Gasteiger partial charge in [0, 0.05) is 0 Å². The van der Waals surface area contributed by atoms with Gasteiger partial charge in [0.1, 0.15) is 5.60 Å². The van der Waals surface area contributed by atoms with Gasteiger partial charge in [-0.05, 0) is 39.7 Å². The second-order valence-electron chi connectivity index (χ2n) is 7.45. The molecule has 1 fully saturated rings. The lowest BCUT2D eigenvalue weighted by molar-refractivity contribution is -0.170. The Morgan fingerprint density at radius 2 is 1.88 bits per heavy atom. The van der Waals surface area contributed by atoms with Crippen LogP contribution in [0.5, 0.6) is 0 Å². The summed E-state index contributed by atoms with van der Waals surface area (Å²) in [5, 5.41) is 0. The third-order valence-corrected chi connectivity index (χ3v) is 4.15. The van der Waals surface area contributed by atoms with Crippen LogP contribution in [0, 0.1) is 5.41 Å². The fraction of sp³-hybridized carbons (Fsp3) is 0.579. The van der Waals surface area contributed by atoms with Gasteiger partial charge in [-0.15, -0.1) is 0 Å². The third kappa shape index (κ3) is 4.15. The van der Waals surface area contributed by atoms with Gasteiger partial charge in [-0.25, -0.2) is 0 Å². The van der Waals surface area contributed by atoms with Crippen LogP contribution in [0.2, 0.25) is 0 Å². The Hall–Kier alpha value is -1.88. The molecule has 5 nitrogen and oxygen atoms in total. The summed E-state index contributed by atoms with van der Waals surface area (Å²) >= 11 is 0. The molecular weight excluding hydrogens is 308 g/mol. The largest absolute Gasteiger partial charge is 0.469 e. The standard InChI is InChI=1S/C19H26O5/c1-18(2,3)24-17(21)19(4)12-14(11-15(20)22-5)23-16(19)13-9-7-6-8-10-13/h6-10,14,16H,11-12H2,1-5H3/t14-,16+,19-/m1/s1. The summed E-state index contributed by atoms with van der Waals surface area (Å²) in [5.41, 5.74) is -0.534. The van der Waals surface area contributed by atoms with Crippen molar-refractivity contribution in [3.63, 3.8) is 0 Å². The molecular formula is C19H26O5. The molecule has 1 saturated heterocycles. The van der Waals surface area contributed by atoms with Crippen molar-refractivity contribution in [2.45, 2.75) is 58.3 Å². The Kier molecular flexibility index (Phi) is 5.33. The van der Waals surface area contributed by atoms with E-state index in [-0.39, 0.29) is 24.5 Å². The van der Waals surface area contributed by atoms with Crippen molar-refractivity contribution in [3.05, 3.63) is 35.9 Å². The predicted molar refractivity (Wildman–Crippen MR) is 89.3 cm³/mol. The summed E-state index contributed by atoms with van der Waals surface area (Å²) in [6.45, 7) is 7.37. The molecule has 0 bridgehead atoms. The minimum atomic E-state index is -0.854. The van der Waals surface area contributed by atoms with Crippen LogP contribution < -0.4 is 0 Å². The SMILES string of the molecule is COC(=O)C[C@@H]1C[C@@](C)(C(=O)OC(C)(C)C)[C@H](c2ccccc2)O1. The van der Waals surface area contributed by atoms with E-state index >= 15 is 0 Å². The summed E-state index contributed by atoms with van der Waals surface area (Å²) in [7, 11) is 1.35. The second-order valence-corrected chi connectivity index (χ2v) is 7.45. The lowest BCUT2D eigenvalue weighted by Crippen LogP contribution is -2.37. The highest BCUT2D eigenvalue weighted by atomic mass is 16.6. The summed E-state index contributed by atoms with van der Waals surface area (Å²) in [6, 6.07) is 9.57. The van der Waals surface area contributed by atoms with E-state index in [9.17, 15) is 9.59 Å². The van der Waals surface area contributed by atoms with Crippen molar-refractivity contribution in [2.24, 2.45) is 5.41 Å². The third-order valence-electron chi connectivity index (χ3n) is 4.15. The molecule has 0 aromatic heterocycles. The maximum absolute atomic E-state index is 12.8. The highest BCUT2D eigenvalue weighted by Crippen LogP contribution is 2.50. The molecule has 132 valence electrons. The predicted octanol–water partition coefficient (Wildman–Crippen LogP) is 3.43. The molecule has 0 amide bonds. The van der Waals surface area contributed by atoms with E-state index in [0.717, 1.165) is 5.56 Å². The molecule has 1 aromatic carbocycles. The minimum Gasteiger partial charge on any atom is -0.469 e. The highest BCUT2D eigenvalue weighted by molar-refractivity contribution is 5.79. The molecule has 3 atom stereocenters. The van der Waals surface area contributed by atoms with Crippen LogP contribution in [0.1, 0.15) is 52.2 Å². The molecule has 0 saturated carbocycles. The number of carbonyl (C=O) groups is 2. The Morgan fingerprint density at radius 1 is 1.25 bits per heavy atom. The number of rotatable bonds is 4. The first-order chi connectivity index (χ1) is 11.2. The van der Waals surface area contributed by atoms with Crippen LogP contribution in [0.3, 0.4) is 0 Å². The van der Waals surface area contributed by atoms with E-state index < -0.39 is 17.1 Å². The zero-order chi connectivity index (χ0) is 18.0. The van der Waals surface area contributed by atoms with Gasteiger partial charge in [-0.2, -0.15) is 0 Å². The molecule has 0 radical (unpaired) electrons. The fourth-order valence-corrected chi connectivity index (χ4v) is 3.02. The van der Waals surface area contributed by atoms with Crippen molar-refractivity contribution in [1.29, 1.82) is 0 Å². The topological polar surface area (TPSA) is 61.8 Å². The normalized spacial score (nSPS) is 26.9. The molecule has 1 aliphatic heterocycles. The van der Waals surface area contributed by atoms with E-state index in [0.29, 0.717) is 6.42 Å². The highest BCUT2D eigenvalue weighted by Gasteiger charge is 2.53. The molecule has 1 aromatic rings. The number of ether oxygens (including phenoxy) is 3. The maximum Gasteiger partial charge on any atom is 0.315 e. The first-order valence-corrected chi connectivity index (χ1v) is 8.16. The molecule has 1 aliphatic rings. The molecule has 0 unspecified atom stereocenters. The molecule has 0 spiro atoms. The van der Waals surface area contributed by atoms with E-state index in [1.54, 1.807) is 0 Å². The molecule has 2 rings (SSSR count). The van der Waals surface area contributed by atoms with Gasteiger partial charge in [0.05, 0.1) is 31.2 Å². The van der Waals surface area contributed by atoms with Crippen LogP contribution >= 0.6 is 0 Å². The lowest BCUT2D eigenvalue weighted by Gasteiger charge is -2.31. The molecule has 5 heteroatoms. The fourth-order valence-electron chi connectivity index (χ4n) is 3.02. The number of methoxy groups -OCH3 is 1. The summed E-state index contributed by atoms with van der Waals surface area (Å²) in [5.74, 6) is -0.656. The van der Waals surface area contributed by atoms with Crippen LogP contribution in [-0.2, 0) is 23.8 Å². The first kappa shape index (κ1) is 18.5. The van der Waals surface area contributed by atoms with Gasteiger partial charge in [0.2, 0.25) is 0 Å². The van der Waals surface area contributed by atoms with E-state index in [4.69, 9.17) is 14.2 Å². The number of hydrogen-bond acceptors (Lipinski definition) is 5. The van der Waals surface area contributed by atoms with Gasteiger partial charge in [0.25, 0.3) is 0 Å². The van der Waals surface area contributed by atoms with Crippen LogP contribution in [0.15, 0.2) is 30.3 Å². The van der Waals surface area contributed by atoms with Gasteiger partial charge < -0.3 is 14.2 Å². The molecule has 1 heterocycles. The van der Waals surface area contributed by atoms with Crippen LogP contribution in [-0.4, -0.2) is 30.8 Å². The number of hydrogen-bond donors (Lipinski definition) is 0. The zero-order valence-corrected chi connectivity index (χ0v) is 15.0. The van der Waals surface area contributed by atoms with Crippen molar-refractivity contribution >= 4 is 11.9 Å². The van der Waals surface area contributed by atoms with Gasteiger partial charge >= 0.3 is 11.9 Å². The summed E-state index contributed by atoms with van der Waals surface area (Å²) in [6.07, 6.45) is -0.294. The Bertz CT molecular complexity index is 590. The second kappa shape index (κ2) is 6.93. The van der Waals surface area contributed by atoms with Crippen molar-refractivity contribution in [2.75, 3.05) is 7.11 Å². The van der Waals surface area contributed by atoms with E-state index in [1.165, 1.54) is 7.11 Å². The number of benzene rings is 1. The number of esters is 2. The first-order valence-electron chi connectivity index (χ1n) is 8.16. The van der Waals surface area contributed by atoms with Crippen molar-refractivity contribution in [1.82, 2.24) is 0 Å². The molecule has 0 aliphatic carbocycles. The van der Waals surface area contributed by atoms with Crippen molar-refractivity contribution < 1.29 is 23.8 Å². The maximum atomic E-state index is 12.8. The van der Waals surface area contributed by atoms with Crippen LogP contribution in [0.4, 0.5) is 0 Å². The lowest BCUT2D eigenvalue weighted by atomic mass is 9.78. The number of carbonyl (C=O) groups excluding carboxylic acids is 2. The van der Waals surface area contributed by atoms with Gasteiger partial charge in [0.15, 0.2) is 0 Å². The Balaban J connectivity index is 2.29. The smallest absolute Gasteiger partial charge is 0.315 e. The molecule has 0 N–H and O–H groups in total. The van der Waals surface area contributed by atoms with E-state index in [2.05, 4.69) is 0 Å². The quantitative estimate of drug-likeness (QED) is 0.790. The summed E-state index contributed by atoms with van der Waals surface area (Å²) in [4.78, 5) is 24.5. The average Bonchev–Trinajstić information content (AvgIpc) is 2.84. The Morgan fingerprint density at radius 3 is 2.42 bits per heavy atom. The minimum absolute atomic E-state index is 0.123. The molecule has 24 heavy (non-hydrogen) atoms. The van der Waals surface area contributed by atoms with Gasteiger partial charge in [-0.3, -0.25) is 9.59 Å². The summed E-state index contributed by atoms with van der Waals surface area (Å²) < 4.78 is 16.4. The average molecular weight is 334 g/mol. The zero-order valence-electron chi connectivity index (χ0n) is 15.0. The Labute approximate surface area is 143 Å². The van der Waals surface area contributed by atoms with Crippen LogP contribution in [0.25, 0.3) is 0 Å². The monoisotopic (exact) mass is 334 g/mol. The van der Waals surface area contributed by atoms with E-state index in [1.807, 2.05) is 58.0 Å². The van der Waals surface area contributed by atoms with Gasteiger partial charge in [-0.1, -0.05) is 30.3 Å².